The lowest BCUT2D eigenvalue weighted by Crippen LogP contribution is -2.51. The van der Waals surface area contributed by atoms with Gasteiger partial charge in [0.1, 0.15) is 13.1 Å². The zero-order valence-electron chi connectivity index (χ0n) is 31.3. The molecule has 0 radical (unpaired) electrons. The molecule has 8 heteroatoms. The number of hydrazine groups is 1. The third-order valence-electron chi connectivity index (χ3n) is 11.0. The van der Waals surface area contributed by atoms with Crippen LogP contribution in [0.15, 0.2) is 97.1 Å². The van der Waals surface area contributed by atoms with Gasteiger partial charge in [0.25, 0.3) is 11.8 Å². The quantitative estimate of drug-likeness (QED) is 0.0735. The van der Waals surface area contributed by atoms with Crippen LogP contribution in [-0.2, 0) is 13.1 Å². The molecule has 0 atom stereocenters. The fourth-order valence-corrected chi connectivity index (χ4v) is 8.36. The van der Waals surface area contributed by atoms with Crippen LogP contribution in [0.3, 0.4) is 0 Å². The van der Waals surface area contributed by atoms with Gasteiger partial charge in [-0.1, -0.05) is 38.1 Å². The monoisotopic (exact) mass is 702 g/mol. The SMILES string of the molecule is CCC[N+]1(Cc2ccc(NC(=O)c3ccc(NNc4ccc(C(=O)Nc5ccc(C[N+]6(CCC)CCCCC6)cc5)cc4)cc3)cc2)CCCCC1. The van der Waals surface area contributed by atoms with Crippen molar-refractivity contribution in [1.82, 2.24) is 0 Å². The minimum absolute atomic E-state index is 0.137. The normalized spacial score (nSPS) is 16.4. The molecule has 2 heterocycles. The highest BCUT2D eigenvalue weighted by atomic mass is 16.2. The minimum atomic E-state index is -0.137. The number of nitrogens with one attached hydrogen (secondary N) is 4. The predicted octanol–water partition coefficient (Wildman–Crippen LogP) is 9.45. The Morgan fingerprint density at radius 2 is 0.788 bits per heavy atom. The average Bonchev–Trinajstić information content (AvgIpc) is 3.17. The average molecular weight is 703 g/mol. The van der Waals surface area contributed by atoms with Crippen molar-refractivity contribution in [3.63, 3.8) is 0 Å². The molecule has 0 unspecified atom stereocenters. The molecule has 0 aromatic heterocycles. The molecule has 0 bridgehead atoms. The van der Waals surface area contributed by atoms with Crippen LogP contribution in [0.4, 0.5) is 22.7 Å². The zero-order valence-corrected chi connectivity index (χ0v) is 31.3. The Morgan fingerprint density at radius 1 is 0.462 bits per heavy atom. The Hall–Kier alpha value is -4.66. The Morgan fingerprint density at radius 3 is 1.12 bits per heavy atom. The van der Waals surface area contributed by atoms with Gasteiger partial charge >= 0.3 is 0 Å². The number of hydrogen-bond acceptors (Lipinski definition) is 4. The van der Waals surface area contributed by atoms with Gasteiger partial charge in [-0.3, -0.25) is 9.59 Å². The second-order valence-electron chi connectivity index (χ2n) is 15.2. The van der Waals surface area contributed by atoms with Crippen molar-refractivity contribution in [2.45, 2.75) is 78.3 Å². The zero-order chi connectivity index (χ0) is 36.2. The van der Waals surface area contributed by atoms with Crippen molar-refractivity contribution < 1.29 is 18.6 Å². The lowest BCUT2D eigenvalue weighted by Gasteiger charge is -2.41. The van der Waals surface area contributed by atoms with Gasteiger partial charge in [-0.15, -0.1) is 0 Å². The fraction of sp³-hybridized carbons (Fsp3) is 0.409. The second kappa shape index (κ2) is 17.7. The molecule has 2 fully saturated rings. The number of amides is 2. The van der Waals surface area contributed by atoms with E-state index in [9.17, 15) is 9.59 Å². The summed E-state index contributed by atoms with van der Waals surface area (Å²) in [7, 11) is 0. The van der Waals surface area contributed by atoms with Crippen LogP contribution in [0, 0.1) is 0 Å². The molecule has 4 aromatic carbocycles. The number of hydrogen-bond donors (Lipinski definition) is 4. The van der Waals surface area contributed by atoms with Gasteiger partial charge in [0.2, 0.25) is 0 Å². The van der Waals surface area contributed by atoms with Crippen molar-refractivity contribution in [1.29, 1.82) is 0 Å². The molecular formula is C44H58N6O2+2. The lowest BCUT2D eigenvalue weighted by molar-refractivity contribution is -0.945. The molecule has 4 N–H and O–H groups in total. The van der Waals surface area contributed by atoms with Crippen LogP contribution < -0.4 is 21.5 Å². The van der Waals surface area contributed by atoms with Crippen LogP contribution in [-0.4, -0.2) is 60.0 Å². The Labute approximate surface area is 310 Å². The van der Waals surface area contributed by atoms with Crippen LogP contribution in [0.1, 0.15) is 97.1 Å². The number of likely N-dealkylation sites (tertiary alicyclic amines) is 2. The van der Waals surface area contributed by atoms with Gasteiger partial charge in [0, 0.05) is 33.6 Å². The summed E-state index contributed by atoms with van der Waals surface area (Å²) >= 11 is 0. The minimum Gasteiger partial charge on any atom is -0.322 e. The van der Waals surface area contributed by atoms with E-state index in [2.05, 4.69) is 59.6 Å². The summed E-state index contributed by atoms with van der Waals surface area (Å²) < 4.78 is 2.38. The van der Waals surface area contributed by atoms with E-state index in [0.717, 1.165) is 35.8 Å². The summed E-state index contributed by atoms with van der Waals surface area (Å²) in [5, 5.41) is 6.08. The standard InChI is InChI=1S/C44H56N6O2/c1-3-27-49(29-7-5-8-30-49)33-35-11-19-39(20-12-35)45-43(51)37-15-23-41(24-16-37)47-48-42-25-17-38(18-26-42)44(52)46-40-21-13-36(14-22-40)34-50(28-4-2)31-9-6-10-32-50/h11-26H,3-10,27-34H2,1-2H3,(H2-2,45,46,47,48,51,52)/p+2. The predicted molar refractivity (Wildman–Crippen MR) is 214 cm³/mol. The number of carbonyl (C=O) groups is 2. The van der Waals surface area contributed by atoms with Gasteiger partial charge in [0.15, 0.2) is 0 Å². The lowest BCUT2D eigenvalue weighted by atomic mass is 10.0. The molecule has 2 amide bonds. The van der Waals surface area contributed by atoms with E-state index in [1.165, 1.54) is 111 Å². The van der Waals surface area contributed by atoms with Crippen molar-refractivity contribution in [2.75, 3.05) is 60.8 Å². The molecule has 6 rings (SSSR count). The van der Waals surface area contributed by atoms with E-state index >= 15 is 0 Å². The molecule has 0 saturated carbocycles. The highest BCUT2D eigenvalue weighted by Gasteiger charge is 2.30. The number of nitrogens with zero attached hydrogens (tertiary/aromatic N) is 2. The highest BCUT2D eigenvalue weighted by molar-refractivity contribution is 6.05. The number of carbonyl (C=O) groups excluding carboxylic acids is 2. The molecule has 4 aromatic rings. The first-order valence-electron chi connectivity index (χ1n) is 19.6. The number of benzene rings is 4. The van der Waals surface area contributed by atoms with Gasteiger partial charge < -0.3 is 30.5 Å². The number of anilines is 4. The largest absolute Gasteiger partial charge is 0.322 e. The first kappa shape index (κ1) is 37.1. The van der Waals surface area contributed by atoms with Crippen LogP contribution >= 0.6 is 0 Å². The van der Waals surface area contributed by atoms with E-state index in [1.807, 2.05) is 48.5 Å². The van der Waals surface area contributed by atoms with Gasteiger partial charge in [-0.05, 0) is 124 Å². The highest BCUT2D eigenvalue weighted by Crippen LogP contribution is 2.26. The van der Waals surface area contributed by atoms with Crippen LogP contribution in [0.25, 0.3) is 0 Å². The third kappa shape index (κ3) is 10.0. The van der Waals surface area contributed by atoms with Crippen LogP contribution in [0.2, 0.25) is 0 Å². The molecule has 0 aliphatic carbocycles. The summed E-state index contributed by atoms with van der Waals surface area (Å²) in [6.07, 6.45) is 10.4. The first-order valence-corrected chi connectivity index (χ1v) is 19.6. The molecular weight excluding hydrogens is 645 g/mol. The number of piperidine rings is 2. The van der Waals surface area contributed by atoms with E-state index in [0.29, 0.717) is 11.1 Å². The van der Waals surface area contributed by atoms with Crippen LogP contribution in [0.5, 0.6) is 0 Å². The molecule has 274 valence electrons. The third-order valence-corrected chi connectivity index (χ3v) is 11.0. The van der Waals surface area contributed by atoms with E-state index < -0.39 is 0 Å². The van der Waals surface area contributed by atoms with E-state index in [4.69, 9.17) is 0 Å². The smallest absolute Gasteiger partial charge is 0.255 e. The summed E-state index contributed by atoms with van der Waals surface area (Å²) in [4.78, 5) is 26.0. The maximum absolute atomic E-state index is 13.0. The summed E-state index contributed by atoms with van der Waals surface area (Å²) in [5.41, 5.74) is 13.4. The number of quaternary nitrogens is 2. The van der Waals surface area contributed by atoms with Crippen molar-refractivity contribution >= 4 is 34.6 Å². The van der Waals surface area contributed by atoms with E-state index in [-0.39, 0.29) is 11.8 Å². The van der Waals surface area contributed by atoms with Crippen molar-refractivity contribution in [2.24, 2.45) is 0 Å². The second-order valence-corrected chi connectivity index (χ2v) is 15.2. The summed E-state index contributed by atoms with van der Waals surface area (Å²) in [6.45, 7) is 14.3. The Kier molecular flexibility index (Phi) is 12.6. The maximum atomic E-state index is 13.0. The topological polar surface area (TPSA) is 82.3 Å². The molecule has 2 aliphatic rings. The molecule has 52 heavy (non-hydrogen) atoms. The fourth-order valence-electron chi connectivity index (χ4n) is 8.36. The van der Waals surface area contributed by atoms with Gasteiger partial charge in [-0.25, -0.2) is 0 Å². The van der Waals surface area contributed by atoms with Gasteiger partial charge in [-0.2, -0.15) is 0 Å². The Bertz CT molecular complexity index is 1580. The molecule has 2 saturated heterocycles. The summed E-state index contributed by atoms with van der Waals surface area (Å²) in [5.74, 6) is -0.275. The van der Waals surface area contributed by atoms with E-state index in [1.54, 1.807) is 24.3 Å². The van der Waals surface area contributed by atoms with Crippen molar-refractivity contribution in [3.05, 3.63) is 119 Å². The molecule has 8 nitrogen and oxygen atoms in total. The number of rotatable bonds is 15. The van der Waals surface area contributed by atoms with Gasteiger partial charge in [0.05, 0.1) is 50.6 Å². The first-order chi connectivity index (χ1) is 25.4. The summed E-state index contributed by atoms with van der Waals surface area (Å²) in [6, 6.07) is 31.4. The molecule has 2 aliphatic heterocycles. The van der Waals surface area contributed by atoms with Crippen molar-refractivity contribution in [3.8, 4) is 0 Å². The maximum Gasteiger partial charge on any atom is 0.255 e. The molecule has 0 spiro atoms. The Balaban J connectivity index is 0.948.